The first kappa shape index (κ1) is 15.5. The number of hydrogen-bond donors (Lipinski definition) is 2. The zero-order valence-electron chi connectivity index (χ0n) is 12.7. The second kappa shape index (κ2) is 6.10. The number of benzene rings is 2. The fourth-order valence-corrected chi connectivity index (χ4v) is 3.24. The molecule has 0 saturated heterocycles. The molecule has 0 spiro atoms. The molecule has 0 aliphatic heterocycles. The Kier molecular flexibility index (Phi) is 3.77. The minimum Gasteiger partial charge on any atom is -0.353 e. The molecule has 124 valence electrons. The number of halogens is 2. The van der Waals surface area contributed by atoms with Crippen molar-refractivity contribution >= 4 is 33.8 Å². The molecule has 4 nitrogen and oxygen atoms in total. The van der Waals surface area contributed by atoms with Crippen LogP contribution < -0.4 is 5.32 Å². The number of para-hydroxylation sites is 1. The molecule has 7 heteroatoms. The molecule has 0 aliphatic rings. The fraction of sp³-hybridized carbons (Fsp3) is 0. The predicted octanol–water partition coefficient (Wildman–Crippen LogP) is 4.82. The molecule has 0 atom stereocenters. The van der Waals surface area contributed by atoms with E-state index in [1.165, 1.54) is 17.4 Å². The van der Waals surface area contributed by atoms with E-state index in [0.29, 0.717) is 11.1 Å². The number of rotatable bonds is 3. The van der Waals surface area contributed by atoms with Crippen LogP contribution >= 0.6 is 11.3 Å². The summed E-state index contributed by atoms with van der Waals surface area (Å²) < 4.78 is 26.6. The maximum Gasteiger partial charge on any atom is 0.275 e. The Balaban J connectivity index is 1.58. The van der Waals surface area contributed by atoms with Gasteiger partial charge in [-0.3, -0.25) is 4.79 Å². The van der Waals surface area contributed by atoms with Gasteiger partial charge in [-0.15, -0.1) is 11.3 Å². The maximum absolute atomic E-state index is 13.6. The normalized spacial score (nSPS) is 11.0. The fourth-order valence-electron chi connectivity index (χ4n) is 2.47. The highest BCUT2D eigenvalue weighted by atomic mass is 32.1. The lowest BCUT2D eigenvalue weighted by atomic mass is 10.2. The van der Waals surface area contributed by atoms with Crippen LogP contribution in [-0.2, 0) is 0 Å². The lowest BCUT2D eigenvalue weighted by molar-refractivity contribution is 0.102. The van der Waals surface area contributed by atoms with Gasteiger partial charge in [0.25, 0.3) is 5.91 Å². The van der Waals surface area contributed by atoms with Gasteiger partial charge in [0, 0.05) is 22.3 Å². The van der Waals surface area contributed by atoms with E-state index in [2.05, 4.69) is 15.3 Å². The van der Waals surface area contributed by atoms with Gasteiger partial charge in [0.1, 0.15) is 22.3 Å². The lowest BCUT2D eigenvalue weighted by Gasteiger charge is -2.04. The van der Waals surface area contributed by atoms with Crippen LogP contribution in [0.2, 0.25) is 0 Å². The zero-order chi connectivity index (χ0) is 17.4. The van der Waals surface area contributed by atoms with E-state index >= 15 is 0 Å². The van der Waals surface area contributed by atoms with E-state index in [0.717, 1.165) is 22.7 Å². The molecule has 2 aromatic carbocycles. The van der Waals surface area contributed by atoms with Crippen LogP contribution in [0, 0.1) is 11.6 Å². The molecule has 0 bridgehead atoms. The smallest absolute Gasteiger partial charge is 0.275 e. The molecule has 25 heavy (non-hydrogen) atoms. The van der Waals surface area contributed by atoms with Crippen molar-refractivity contribution in [3.05, 3.63) is 71.2 Å². The van der Waals surface area contributed by atoms with Crippen LogP contribution in [-0.4, -0.2) is 15.9 Å². The number of aromatic nitrogens is 2. The molecular weight excluding hydrogens is 344 g/mol. The number of nitrogens with one attached hydrogen (secondary N) is 2. The number of amides is 1. The summed E-state index contributed by atoms with van der Waals surface area (Å²) in [5.74, 6) is -2.09. The van der Waals surface area contributed by atoms with E-state index in [-0.39, 0.29) is 11.4 Å². The van der Waals surface area contributed by atoms with Crippen molar-refractivity contribution in [1.82, 2.24) is 9.97 Å². The van der Waals surface area contributed by atoms with Crippen LogP contribution in [0.15, 0.2) is 53.9 Å². The van der Waals surface area contributed by atoms with Gasteiger partial charge in [-0.2, -0.15) is 0 Å². The Morgan fingerprint density at radius 3 is 2.76 bits per heavy atom. The highest BCUT2D eigenvalue weighted by Crippen LogP contribution is 2.27. The molecule has 0 saturated carbocycles. The maximum atomic E-state index is 13.6. The first-order valence-electron chi connectivity index (χ1n) is 7.40. The van der Waals surface area contributed by atoms with Gasteiger partial charge in [0.05, 0.1) is 11.4 Å². The molecule has 2 N–H and O–H groups in total. The Labute approximate surface area is 145 Å². The number of carbonyl (C=O) groups excluding carboxylic acids is 1. The van der Waals surface area contributed by atoms with Crippen molar-refractivity contribution in [2.75, 3.05) is 5.32 Å². The Morgan fingerprint density at radius 2 is 1.96 bits per heavy atom. The molecule has 4 aromatic rings. The molecule has 2 heterocycles. The van der Waals surface area contributed by atoms with Gasteiger partial charge in [0.15, 0.2) is 0 Å². The first-order valence-corrected chi connectivity index (χ1v) is 8.28. The summed E-state index contributed by atoms with van der Waals surface area (Å²) >= 11 is 1.31. The van der Waals surface area contributed by atoms with E-state index in [4.69, 9.17) is 0 Å². The largest absolute Gasteiger partial charge is 0.353 e. The molecule has 0 fully saturated rings. The van der Waals surface area contributed by atoms with Crippen LogP contribution in [0.5, 0.6) is 0 Å². The minimum absolute atomic E-state index is 0.0911. The molecule has 0 aliphatic carbocycles. The summed E-state index contributed by atoms with van der Waals surface area (Å²) in [7, 11) is 0. The summed E-state index contributed by atoms with van der Waals surface area (Å²) in [4.78, 5) is 19.8. The summed E-state index contributed by atoms with van der Waals surface area (Å²) in [6.07, 6.45) is 0. The van der Waals surface area contributed by atoms with E-state index in [1.807, 2.05) is 30.3 Å². The number of hydrogen-bond acceptors (Lipinski definition) is 3. The zero-order valence-corrected chi connectivity index (χ0v) is 13.5. The van der Waals surface area contributed by atoms with Crippen LogP contribution in [0.1, 0.15) is 10.5 Å². The van der Waals surface area contributed by atoms with Gasteiger partial charge >= 0.3 is 0 Å². The number of H-pyrrole nitrogens is 1. The third-order valence-corrected chi connectivity index (χ3v) is 4.55. The second-order valence-electron chi connectivity index (χ2n) is 5.39. The second-order valence-corrected chi connectivity index (χ2v) is 6.24. The van der Waals surface area contributed by atoms with Crippen LogP contribution in [0.4, 0.5) is 14.5 Å². The van der Waals surface area contributed by atoms with E-state index in [1.54, 1.807) is 5.38 Å². The van der Waals surface area contributed by atoms with E-state index < -0.39 is 17.5 Å². The number of thiazole rings is 1. The molecule has 2 aromatic heterocycles. The number of aromatic amines is 1. The molecule has 1 amide bonds. The van der Waals surface area contributed by atoms with Crippen molar-refractivity contribution in [3.63, 3.8) is 0 Å². The standard InChI is InChI=1S/C18H11F2N3OS/c19-11-5-6-14(12(20)8-11)22-17(24)16-9-25-18(23-16)15-7-10-3-1-2-4-13(10)21-15/h1-9,21H,(H,22,24). The van der Waals surface area contributed by atoms with Crippen molar-refractivity contribution in [1.29, 1.82) is 0 Å². The molecular formula is C18H11F2N3OS. The quantitative estimate of drug-likeness (QED) is 0.553. The first-order chi connectivity index (χ1) is 12.1. The highest BCUT2D eigenvalue weighted by Gasteiger charge is 2.15. The number of nitrogens with zero attached hydrogens (tertiary/aromatic N) is 1. The Hall–Kier alpha value is -3.06. The predicted molar refractivity (Wildman–Crippen MR) is 93.7 cm³/mol. The van der Waals surface area contributed by atoms with E-state index in [9.17, 15) is 13.6 Å². The van der Waals surface area contributed by atoms with Gasteiger partial charge in [0.2, 0.25) is 0 Å². The molecule has 0 radical (unpaired) electrons. The van der Waals surface area contributed by atoms with Gasteiger partial charge < -0.3 is 10.3 Å². The van der Waals surface area contributed by atoms with Gasteiger partial charge in [-0.1, -0.05) is 18.2 Å². The van der Waals surface area contributed by atoms with Gasteiger partial charge in [-0.05, 0) is 24.3 Å². The third kappa shape index (κ3) is 3.01. The highest BCUT2D eigenvalue weighted by molar-refractivity contribution is 7.13. The summed E-state index contributed by atoms with van der Waals surface area (Å²) in [5.41, 5.74) is 1.86. The summed E-state index contributed by atoms with van der Waals surface area (Å²) in [6, 6.07) is 12.7. The molecule has 4 rings (SSSR count). The number of anilines is 1. The van der Waals surface area contributed by atoms with Gasteiger partial charge in [-0.25, -0.2) is 13.8 Å². The average Bonchev–Trinajstić information content (AvgIpc) is 3.23. The topological polar surface area (TPSA) is 57.8 Å². The van der Waals surface area contributed by atoms with Crippen molar-refractivity contribution in [2.45, 2.75) is 0 Å². The van der Waals surface area contributed by atoms with Crippen molar-refractivity contribution < 1.29 is 13.6 Å². The van der Waals surface area contributed by atoms with Crippen molar-refractivity contribution in [3.8, 4) is 10.7 Å². The SMILES string of the molecule is O=C(Nc1ccc(F)cc1F)c1csc(-c2cc3ccccc3[nH]2)n1. The summed E-state index contributed by atoms with van der Waals surface area (Å²) in [6.45, 7) is 0. The van der Waals surface area contributed by atoms with Crippen LogP contribution in [0.25, 0.3) is 21.6 Å². The number of carbonyl (C=O) groups is 1. The Bertz CT molecular complexity index is 1050. The monoisotopic (exact) mass is 355 g/mol. The van der Waals surface area contributed by atoms with Crippen molar-refractivity contribution in [2.24, 2.45) is 0 Å². The average molecular weight is 355 g/mol. The van der Waals surface area contributed by atoms with Crippen LogP contribution in [0.3, 0.4) is 0 Å². The Morgan fingerprint density at radius 1 is 1.12 bits per heavy atom. The minimum atomic E-state index is -0.834. The third-order valence-electron chi connectivity index (χ3n) is 3.68. The summed E-state index contributed by atoms with van der Waals surface area (Å²) in [5, 5.41) is 5.70. The molecule has 0 unspecified atom stereocenters. The number of fused-ring (bicyclic) bond motifs is 1. The lowest BCUT2D eigenvalue weighted by Crippen LogP contribution is -2.13.